The van der Waals surface area contributed by atoms with Crippen molar-refractivity contribution in [3.63, 3.8) is 0 Å². The standard InChI is InChI=1S/C21H13Cl2N3O4/c22-15-6-1-10(7-16(15)23)19-24-20(13-4-2-11(27)8-17(13)29)26-21(25-19)14-5-3-12(28)9-18(14)30/h1-9,27-30H. The largest absolute Gasteiger partial charge is 0.508 e. The van der Waals surface area contributed by atoms with Crippen LogP contribution in [-0.2, 0) is 0 Å². The Labute approximate surface area is 180 Å². The topological polar surface area (TPSA) is 120 Å². The number of hydrogen-bond acceptors (Lipinski definition) is 7. The van der Waals surface area contributed by atoms with E-state index in [4.69, 9.17) is 23.2 Å². The van der Waals surface area contributed by atoms with Crippen LogP contribution in [0.5, 0.6) is 23.0 Å². The van der Waals surface area contributed by atoms with Crippen LogP contribution in [0.25, 0.3) is 34.2 Å². The fourth-order valence-corrected chi connectivity index (χ4v) is 3.10. The molecular weight excluding hydrogens is 429 g/mol. The van der Waals surface area contributed by atoms with Gasteiger partial charge < -0.3 is 20.4 Å². The molecule has 4 aromatic rings. The third-order valence-electron chi connectivity index (χ3n) is 4.26. The molecule has 0 unspecified atom stereocenters. The molecule has 0 saturated carbocycles. The van der Waals surface area contributed by atoms with Crippen molar-refractivity contribution in [3.8, 4) is 57.2 Å². The molecule has 0 fully saturated rings. The Morgan fingerprint density at radius 2 is 1.03 bits per heavy atom. The number of benzene rings is 3. The number of nitrogens with zero attached hydrogens (tertiary/aromatic N) is 3. The first-order chi connectivity index (χ1) is 14.3. The molecule has 4 N–H and O–H groups in total. The number of aromatic hydroxyl groups is 4. The lowest BCUT2D eigenvalue weighted by Gasteiger charge is -2.11. The van der Waals surface area contributed by atoms with E-state index < -0.39 is 0 Å². The predicted molar refractivity (Wildman–Crippen MR) is 113 cm³/mol. The van der Waals surface area contributed by atoms with Crippen LogP contribution in [0.3, 0.4) is 0 Å². The molecule has 1 aromatic heterocycles. The average molecular weight is 442 g/mol. The van der Waals surface area contributed by atoms with Gasteiger partial charge in [0.25, 0.3) is 0 Å². The highest BCUT2D eigenvalue weighted by Crippen LogP contribution is 2.35. The maximum Gasteiger partial charge on any atom is 0.167 e. The van der Waals surface area contributed by atoms with Crippen molar-refractivity contribution in [2.45, 2.75) is 0 Å². The average Bonchev–Trinajstić information content (AvgIpc) is 2.69. The quantitative estimate of drug-likeness (QED) is 0.352. The van der Waals surface area contributed by atoms with Crippen LogP contribution < -0.4 is 0 Å². The second-order valence-corrected chi connectivity index (χ2v) is 7.15. The van der Waals surface area contributed by atoms with Gasteiger partial charge in [-0.1, -0.05) is 23.2 Å². The van der Waals surface area contributed by atoms with Crippen molar-refractivity contribution >= 4 is 23.2 Å². The van der Waals surface area contributed by atoms with Crippen molar-refractivity contribution in [3.05, 3.63) is 64.6 Å². The van der Waals surface area contributed by atoms with Gasteiger partial charge in [-0.2, -0.15) is 0 Å². The summed E-state index contributed by atoms with van der Waals surface area (Å²) in [6.07, 6.45) is 0. The van der Waals surface area contributed by atoms with Gasteiger partial charge in [0.2, 0.25) is 0 Å². The zero-order valence-corrected chi connectivity index (χ0v) is 16.6. The lowest BCUT2D eigenvalue weighted by atomic mass is 10.1. The van der Waals surface area contributed by atoms with Gasteiger partial charge in [-0.25, -0.2) is 15.0 Å². The molecule has 3 aromatic carbocycles. The minimum atomic E-state index is -0.234. The van der Waals surface area contributed by atoms with Crippen LogP contribution in [0.2, 0.25) is 10.0 Å². The monoisotopic (exact) mass is 441 g/mol. The summed E-state index contributed by atoms with van der Waals surface area (Å²) >= 11 is 12.1. The van der Waals surface area contributed by atoms with Crippen LogP contribution in [0.15, 0.2) is 54.6 Å². The smallest absolute Gasteiger partial charge is 0.167 e. The Bertz CT molecular complexity index is 1210. The maximum absolute atomic E-state index is 10.3. The van der Waals surface area contributed by atoms with E-state index >= 15 is 0 Å². The maximum atomic E-state index is 10.3. The van der Waals surface area contributed by atoms with Crippen LogP contribution in [-0.4, -0.2) is 35.4 Å². The number of phenolic OH excluding ortho intramolecular Hbond substituents is 4. The van der Waals surface area contributed by atoms with E-state index in [0.717, 1.165) is 12.1 Å². The molecule has 0 bridgehead atoms. The fourth-order valence-electron chi connectivity index (χ4n) is 2.80. The number of halogens is 2. The normalized spacial score (nSPS) is 10.9. The Morgan fingerprint density at radius 1 is 0.533 bits per heavy atom. The number of phenols is 4. The number of hydrogen-bond donors (Lipinski definition) is 4. The molecule has 7 nitrogen and oxygen atoms in total. The number of rotatable bonds is 3. The lowest BCUT2D eigenvalue weighted by molar-refractivity contribution is 0.451. The molecule has 4 rings (SSSR count). The van der Waals surface area contributed by atoms with Gasteiger partial charge in [-0.3, -0.25) is 0 Å². The molecule has 0 aliphatic carbocycles. The minimum absolute atomic E-state index is 0.103. The van der Waals surface area contributed by atoms with E-state index in [9.17, 15) is 20.4 Å². The SMILES string of the molecule is Oc1ccc(-c2nc(-c3ccc(Cl)c(Cl)c3)nc(-c3ccc(O)cc3O)n2)c(O)c1. The van der Waals surface area contributed by atoms with Gasteiger partial charge in [0.1, 0.15) is 23.0 Å². The fraction of sp³-hybridized carbons (Fsp3) is 0. The van der Waals surface area contributed by atoms with E-state index in [1.54, 1.807) is 18.2 Å². The molecule has 0 amide bonds. The van der Waals surface area contributed by atoms with Gasteiger partial charge in [0, 0.05) is 17.7 Å². The highest BCUT2D eigenvalue weighted by Gasteiger charge is 2.17. The van der Waals surface area contributed by atoms with Gasteiger partial charge >= 0.3 is 0 Å². The minimum Gasteiger partial charge on any atom is -0.508 e. The lowest BCUT2D eigenvalue weighted by Crippen LogP contribution is -2.00. The summed E-state index contributed by atoms with van der Waals surface area (Å²) in [5.41, 5.74) is 1.03. The Morgan fingerprint density at radius 3 is 1.50 bits per heavy atom. The molecule has 1 heterocycles. The van der Waals surface area contributed by atoms with Gasteiger partial charge in [0.15, 0.2) is 17.5 Å². The third kappa shape index (κ3) is 3.80. The summed E-state index contributed by atoms with van der Waals surface area (Å²) in [6, 6.07) is 12.9. The second-order valence-electron chi connectivity index (χ2n) is 6.34. The van der Waals surface area contributed by atoms with Crippen LogP contribution >= 0.6 is 23.2 Å². The Balaban J connectivity index is 1.97. The highest BCUT2D eigenvalue weighted by molar-refractivity contribution is 6.42. The van der Waals surface area contributed by atoms with Gasteiger partial charge in [-0.15, -0.1) is 0 Å². The molecular formula is C21H13Cl2N3O4. The molecule has 150 valence electrons. The predicted octanol–water partition coefficient (Wildman–Crippen LogP) is 5.00. The van der Waals surface area contributed by atoms with E-state index in [1.807, 2.05) is 0 Å². The van der Waals surface area contributed by atoms with E-state index in [1.165, 1.54) is 24.3 Å². The first-order valence-corrected chi connectivity index (χ1v) is 9.33. The zero-order valence-electron chi connectivity index (χ0n) is 15.1. The van der Waals surface area contributed by atoms with Crippen molar-refractivity contribution in [2.24, 2.45) is 0 Å². The van der Waals surface area contributed by atoms with Crippen molar-refractivity contribution in [1.82, 2.24) is 15.0 Å². The molecule has 0 saturated heterocycles. The first kappa shape index (κ1) is 19.8. The summed E-state index contributed by atoms with van der Waals surface area (Å²) in [5.74, 6) is -0.284. The molecule has 0 aliphatic rings. The van der Waals surface area contributed by atoms with Crippen LogP contribution in [0.4, 0.5) is 0 Å². The Hall–Kier alpha value is -3.55. The summed E-state index contributed by atoms with van der Waals surface area (Å²) < 4.78 is 0. The Kier molecular flexibility index (Phi) is 5.07. The van der Waals surface area contributed by atoms with Crippen LogP contribution in [0, 0.1) is 0 Å². The first-order valence-electron chi connectivity index (χ1n) is 8.58. The van der Waals surface area contributed by atoms with Gasteiger partial charge in [0.05, 0.1) is 21.2 Å². The number of aromatic nitrogens is 3. The third-order valence-corrected chi connectivity index (χ3v) is 5.00. The summed E-state index contributed by atoms with van der Waals surface area (Å²) in [4.78, 5) is 13.2. The van der Waals surface area contributed by atoms with Crippen LogP contribution in [0.1, 0.15) is 0 Å². The van der Waals surface area contributed by atoms with Crippen molar-refractivity contribution in [1.29, 1.82) is 0 Å². The molecule has 9 heteroatoms. The van der Waals surface area contributed by atoms with E-state index in [0.29, 0.717) is 15.6 Å². The van der Waals surface area contributed by atoms with Crippen molar-refractivity contribution < 1.29 is 20.4 Å². The highest BCUT2D eigenvalue weighted by atomic mass is 35.5. The molecule has 0 radical (unpaired) electrons. The summed E-state index contributed by atoms with van der Waals surface area (Å²) in [6.45, 7) is 0. The van der Waals surface area contributed by atoms with Gasteiger partial charge in [-0.05, 0) is 42.5 Å². The molecule has 0 atom stereocenters. The van der Waals surface area contributed by atoms with Crippen molar-refractivity contribution in [2.75, 3.05) is 0 Å². The van der Waals surface area contributed by atoms with E-state index in [2.05, 4.69) is 15.0 Å². The summed E-state index contributed by atoms with van der Waals surface area (Å²) in [5, 5.41) is 40.3. The zero-order chi connectivity index (χ0) is 21.4. The molecule has 0 spiro atoms. The second kappa shape index (κ2) is 7.70. The summed E-state index contributed by atoms with van der Waals surface area (Å²) in [7, 11) is 0. The van der Waals surface area contributed by atoms with E-state index in [-0.39, 0.29) is 51.6 Å². The molecule has 0 aliphatic heterocycles. The molecule has 30 heavy (non-hydrogen) atoms.